The molecule has 0 radical (unpaired) electrons. The Balaban J connectivity index is 2.17. The normalized spacial score (nSPS) is 28.0. The highest BCUT2D eigenvalue weighted by Gasteiger charge is 2.60. The van der Waals surface area contributed by atoms with E-state index in [9.17, 15) is 32.7 Å². The highest BCUT2D eigenvalue weighted by Crippen LogP contribution is 2.49. The predicted octanol–water partition coefficient (Wildman–Crippen LogP) is -1.48. The third-order valence-electron chi connectivity index (χ3n) is 3.15. The number of rotatable bonds is 6. The van der Waals surface area contributed by atoms with Gasteiger partial charge < -0.3 is 30.3 Å². The van der Waals surface area contributed by atoms with Gasteiger partial charge in [-0.2, -0.15) is 13.8 Å². The van der Waals surface area contributed by atoms with Crippen molar-refractivity contribution in [3.63, 3.8) is 0 Å². The van der Waals surface area contributed by atoms with E-state index in [4.69, 9.17) is 20.3 Å². The minimum Gasteiger partial charge on any atom is -0.384 e. The highest BCUT2D eigenvalue weighted by molar-refractivity contribution is 7.66. The molecule has 1 fully saturated rings. The molecule has 1 aromatic heterocycles. The number of nitrogens with two attached hydrogens (primary N) is 1. The van der Waals surface area contributed by atoms with Crippen molar-refractivity contribution < 1.29 is 47.0 Å². The van der Waals surface area contributed by atoms with Gasteiger partial charge in [0.05, 0.1) is 6.61 Å². The van der Waals surface area contributed by atoms with Crippen LogP contribution in [-0.4, -0.2) is 54.1 Å². The molecule has 7 N–H and O–H groups in total. The Morgan fingerprint density at radius 3 is 2.58 bits per heavy atom. The van der Waals surface area contributed by atoms with Gasteiger partial charge >= 0.3 is 27.1 Å². The Bertz CT molecular complexity index is 830. The van der Waals surface area contributed by atoms with Crippen LogP contribution in [0, 0.1) is 0 Å². The van der Waals surface area contributed by atoms with Crippen LogP contribution in [0.25, 0.3) is 0 Å². The predicted molar refractivity (Wildman–Crippen MR) is 78.7 cm³/mol. The Morgan fingerprint density at radius 1 is 1.42 bits per heavy atom. The van der Waals surface area contributed by atoms with Crippen molar-refractivity contribution in [3.05, 3.63) is 22.7 Å². The number of ether oxygens (including phenoxy) is 1. The van der Waals surface area contributed by atoms with Gasteiger partial charge in [-0.25, -0.2) is 13.9 Å². The van der Waals surface area contributed by atoms with Crippen LogP contribution in [0.5, 0.6) is 0 Å². The lowest BCUT2D eigenvalue weighted by Gasteiger charge is -2.20. The lowest BCUT2D eigenvalue weighted by Crippen LogP contribution is -2.42. The summed E-state index contributed by atoms with van der Waals surface area (Å²) in [5.41, 5.74) is 4.05. The zero-order valence-corrected chi connectivity index (χ0v) is 14.3. The quantitative estimate of drug-likeness (QED) is 0.290. The van der Waals surface area contributed by atoms with Gasteiger partial charge in [-0.15, -0.1) is 4.86 Å². The Hall–Kier alpha value is -1.28. The third kappa shape index (κ3) is 4.71. The molecule has 0 bridgehead atoms. The maximum atomic E-state index is 14.2. The number of nitrogens with zero attached hydrogens (tertiary/aromatic N) is 2. The van der Waals surface area contributed by atoms with Gasteiger partial charge in [0.15, 0.2) is 6.10 Å². The zero-order valence-electron chi connectivity index (χ0n) is 12.5. The summed E-state index contributed by atoms with van der Waals surface area (Å²) in [4.78, 5) is 42.2. The van der Waals surface area contributed by atoms with E-state index in [2.05, 4.69) is 9.51 Å². The summed E-state index contributed by atoms with van der Waals surface area (Å²) < 4.78 is 59.9. The van der Waals surface area contributed by atoms with Gasteiger partial charge in [0.25, 0.3) is 0 Å². The molecule has 1 aromatic rings. The average Bonchev–Trinajstić information content (AvgIpc) is 2.66. The molecule has 2 rings (SSSR count). The number of hydrogen-bond donors (Lipinski definition) is 6. The van der Waals surface area contributed by atoms with Crippen LogP contribution in [0.1, 0.15) is 6.23 Å². The second kappa shape index (κ2) is 7.03. The third-order valence-corrected chi connectivity index (χ3v) is 5.71. The van der Waals surface area contributed by atoms with Gasteiger partial charge in [-0.05, 0) is 6.07 Å². The summed E-state index contributed by atoms with van der Waals surface area (Å²) in [5, 5.41) is 9.66. The van der Waals surface area contributed by atoms with E-state index in [1.54, 1.807) is 0 Å². The topological polar surface area (TPSA) is 206 Å². The molecule has 1 aliphatic heterocycles. The van der Waals surface area contributed by atoms with Crippen molar-refractivity contribution in [2.75, 3.05) is 12.3 Å². The summed E-state index contributed by atoms with van der Waals surface area (Å²) in [7, 11) is -10.3. The van der Waals surface area contributed by atoms with Gasteiger partial charge in [0, 0.05) is 6.20 Å². The number of nitrogen functional groups attached to an aromatic ring is 1. The summed E-state index contributed by atoms with van der Waals surface area (Å²) in [5.74, 6) is -4.26. The summed E-state index contributed by atoms with van der Waals surface area (Å²) in [6.07, 6.45) is -5.93. The van der Waals surface area contributed by atoms with E-state index in [0.717, 1.165) is 17.1 Å². The zero-order chi connectivity index (χ0) is 19.9. The number of anilines is 1. The largest absolute Gasteiger partial charge is 0.412 e. The van der Waals surface area contributed by atoms with Crippen molar-refractivity contribution in [3.8, 4) is 0 Å². The van der Waals surface area contributed by atoms with Crippen LogP contribution in [0.2, 0.25) is 0 Å². The summed E-state index contributed by atoms with van der Waals surface area (Å²) >= 11 is 0. The first kappa shape index (κ1) is 21.0. The number of aliphatic hydroxyl groups is 1. The molecular formula is C9H14F2N4O9P2. The summed E-state index contributed by atoms with van der Waals surface area (Å²) in [6, 6.07) is 1.03. The van der Waals surface area contributed by atoms with Crippen LogP contribution in [0.4, 0.5) is 14.6 Å². The number of nitrogens with one attached hydrogen (secondary N) is 1. The first-order valence-electron chi connectivity index (χ1n) is 6.61. The molecule has 4 atom stereocenters. The monoisotopic (exact) mass is 422 g/mol. The standard InChI is InChI=1S/C9H14F2N4O9P2/c10-9(11)6(16)4(3-23-26(21,22)14-25(18,19)20)24-7(9)15-2-1-5(12)13-8(15)17/h1-2,4,6-7,16H,3H2,(H2,12,13,17)(H4,14,18,19,20,21,22)/t4-,6?,7-/m1/s1. The lowest BCUT2D eigenvalue weighted by molar-refractivity contribution is -0.140. The maximum absolute atomic E-state index is 14.2. The van der Waals surface area contributed by atoms with Crippen molar-refractivity contribution in [2.24, 2.45) is 0 Å². The van der Waals surface area contributed by atoms with Gasteiger partial charge in [-0.1, -0.05) is 0 Å². The van der Waals surface area contributed by atoms with E-state index in [-0.39, 0.29) is 5.82 Å². The van der Waals surface area contributed by atoms with Crippen LogP contribution < -0.4 is 16.3 Å². The molecule has 2 heterocycles. The molecular weight excluding hydrogens is 408 g/mol. The molecule has 2 unspecified atom stereocenters. The molecule has 1 saturated heterocycles. The Morgan fingerprint density at radius 2 is 2.04 bits per heavy atom. The van der Waals surface area contributed by atoms with Crippen LogP contribution >= 0.6 is 15.5 Å². The summed E-state index contributed by atoms with van der Waals surface area (Å²) in [6.45, 7) is -1.15. The van der Waals surface area contributed by atoms with Gasteiger partial charge in [0.2, 0.25) is 6.23 Å². The van der Waals surface area contributed by atoms with E-state index in [0.29, 0.717) is 4.57 Å². The number of alkyl halides is 2. The molecule has 26 heavy (non-hydrogen) atoms. The first-order chi connectivity index (χ1) is 11.7. The van der Waals surface area contributed by atoms with Crippen molar-refractivity contribution >= 4 is 21.3 Å². The first-order valence-corrected chi connectivity index (χ1v) is 9.80. The smallest absolute Gasteiger partial charge is 0.384 e. The maximum Gasteiger partial charge on any atom is 0.412 e. The van der Waals surface area contributed by atoms with Gasteiger partial charge in [0.1, 0.15) is 11.9 Å². The van der Waals surface area contributed by atoms with Crippen LogP contribution in [0.15, 0.2) is 17.1 Å². The fourth-order valence-electron chi connectivity index (χ4n) is 2.08. The lowest BCUT2D eigenvalue weighted by atomic mass is 10.1. The van der Waals surface area contributed by atoms with Crippen LogP contribution in [0.3, 0.4) is 0 Å². The van der Waals surface area contributed by atoms with Crippen molar-refractivity contribution in [2.45, 2.75) is 24.4 Å². The molecule has 0 saturated carbocycles. The van der Waals surface area contributed by atoms with Crippen LogP contribution in [-0.2, 0) is 18.4 Å². The Kier molecular flexibility index (Phi) is 5.69. The van der Waals surface area contributed by atoms with Gasteiger partial charge in [-0.3, -0.25) is 9.09 Å². The molecule has 1 aliphatic rings. The number of halogens is 2. The van der Waals surface area contributed by atoms with E-state index >= 15 is 0 Å². The van der Waals surface area contributed by atoms with E-state index in [1.807, 2.05) is 0 Å². The van der Waals surface area contributed by atoms with Crippen molar-refractivity contribution in [1.29, 1.82) is 0 Å². The molecule has 17 heteroatoms. The number of aliphatic hydroxyl groups excluding tert-OH is 1. The molecule has 0 amide bonds. The minimum absolute atomic E-state index is 0.238. The molecule has 148 valence electrons. The second-order valence-electron chi connectivity index (χ2n) is 5.15. The molecule has 13 nitrogen and oxygen atoms in total. The van der Waals surface area contributed by atoms with Crippen molar-refractivity contribution in [1.82, 2.24) is 14.4 Å². The second-order valence-corrected chi connectivity index (χ2v) is 8.34. The SMILES string of the molecule is Nc1ccn([C@@H]2O[C@H](COP(=O)(O)NP(=O)(O)O)C(O)C2(F)F)c(=O)n1. The van der Waals surface area contributed by atoms with E-state index < -0.39 is 52.1 Å². The number of hydrogen-bond acceptors (Lipinski definition) is 8. The highest BCUT2D eigenvalue weighted by atomic mass is 31.3. The number of aromatic nitrogens is 2. The minimum atomic E-state index is -5.17. The Labute approximate surface area is 143 Å². The molecule has 0 spiro atoms. The fourth-order valence-corrected chi connectivity index (χ4v) is 3.98. The fraction of sp³-hybridized carbons (Fsp3) is 0.556. The average molecular weight is 422 g/mol. The molecule has 0 aromatic carbocycles. The van der Waals surface area contributed by atoms with E-state index in [1.165, 1.54) is 0 Å². The molecule has 0 aliphatic carbocycles.